The van der Waals surface area contributed by atoms with Crippen LogP contribution >= 0.6 is 0 Å². The van der Waals surface area contributed by atoms with E-state index in [2.05, 4.69) is 33.9 Å². The fourth-order valence-electron chi connectivity index (χ4n) is 2.03. The molecular formula is C19H27NO4Si. The molecule has 0 unspecified atom stereocenters. The lowest BCUT2D eigenvalue weighted by atomic mass is 10.2. The molecule has 0 saturated heterocycles. The lowest BCUT2D eigenvalue weighted by Gasteiger charge is -2.36. The van der Waals surface area contributed by atoms with Gasteiger partial charge in [0.05, 0.1) is 18.5 Å². The van der Waals surface area contributed by atoms with Gasteiger partial charge in [0.15, 0.2) is 8.32 Å². The summed E-state index contributed by atoms with van der Waals surface area (Å²) in [7, 11) is -1.95. The van der Waals surface area contributed by atoms with Crippen molar-refractivity contribution in [3.63, 3.8) is 0 Å². The summed E-state index contributed by atoms with van der Waals surface area (Å²) in [6.45, 7) is 11.2. The second-order valence-electron chi connectivity index (χ2n) is 7.65. The maximum Gasteiger partial charge on any atom is 0.418 e. The molecule has 1 aromatic carbocycles. The van der Waals surface area contributed by atoms with Crippen molar-refractivity contribution in [1.82, 2.24) is 4.57 Å². The Morgan fingerprint density at radius 3 is 2.40 bits per heavy atom. The molecule has 1 N–H and O–H groups in total. The van der Waals surface area contributed by atoms with Gasteiger partial charge in [-0.25, -0.2) is 4.79 Å². The van der Waals surface area contributed by atoms with E-state index < -0.39 is 14.4 Å². The van der Waals surface area contributed by atoms with Crippen molar-refractivity contribution in [2.45, 2.75) is 52.1 Å². The van der Waals surface area contributed by atoms with Crippen LogP contribution in [0.5, 0.6) is 5.75 Å². The molecule has 2 rings (SSSR count). The first-order valence-corrected chi connectivity index (χ1v) is 11.3. The van der Waals surface area contributed by atoms with E-state index in [1.54, 1.807) is 0 Å². The van der Waals surface area contributed by atoms with Crippen molar-refractivity contribution in [2.24, 2.45) is 0 Å². The SMILES string of the molecule is CC(C)(C)[Si](C)(C)OCc1cc(O)cn1C(=O)OCc1ccccc1. The number of nitrogens with zero attached hydrogens (tertiary/aromatic N) is 1. The average molecular weight is 362 g/mol. The van der Waals surface area contributed by atoms with Gasteiger partial charge in [0.2, 0.25) is 0 Å². The highest BCUT2D eigenvalue weighted by Crippen LogP contribution is 2.37. The zero-order valence-corrected chi connectivity index (χ0v) is 16.6. The highest BCUT2D eigenvalue weighted by Gasteiger charge is 2.37. The Bertz CT molecular complexity index is 717. The first-order valence-electron chi connectivity index (χ1n) is 8.35. The average Bonchev–Trinajstić information content (AvgIpc) is 2.92. The first kappa shape index (κ1) is 19.3. The van der Waals surface area contributed by atoms with Crippen LogP contribution in [-0.2, 0) is 22.4 Å². The van der Waals surface area contributed by atoms with Crippen LogP contribution < -0.4 is 0 Å². The third kappa shape index (κ3) is 4.96. The summed E-state index contributed by atoms with van der Waals surface area (Å²) >= 11 is 0. The molecule has 5 nitrogen and oxygen atoms in total. The fourth-order valence-corrected chi connectivity index (χ4v) is 2.98. The van der Waals surface area contributed by atoms with Gasteiger partial charge in [0.1, 0.15) is 12.4 Å². The van der Waals surface area contributed by atoms with Crippen molar-refractivity contribution in [3.05, 3.63) is 53.9 Å². The minimum atomic E-state index is -1.95. The van der Waals surface area contributed by atoms with Gasteiger partial charge in [0.25, 0.3) is 0 Å². The molecule has 6 heteroatoms. The summed E-state index contributed by atoms with van der Waals surface area (Å²) in [6, 6.07) is 11.0. The molecule has 0 aliphatic rings. The van der Waals surface area contributed by atoms with Crippen LogP contribution in [0, 0.1) is 0 Å². The monoisotopic (exact) mass is 361 g/mol. The maximum absolute atomic E-state index is 12.4. The number of ether oxygens (including phenoxy) is 1. The maximum atomic E-state index is 12.4. The third-order valence-corrected chi connectivity index (χ3v) is 9.15. The number of benzene rings is 1. The van der Waals surface area contributed by atoms with Crippen LogP contribution in [0.3, 0.4) is 0 Å². The Morgan fingerprint density at radius 1 is 1.16 bits per heavy atom. The number of hydrogen-bond acceptors (Lipinski definition) is 4. The molecule has 0 aliphatic carbocycles. The predicted octanol–water partition coefficient (Wildman–Crippen LogP) is 4.90. The molecule has 0 aliphatic heterocycles. The molecular weight excluding hydrogens is 334 g/mol. The zero-order valence-electron chi connectivity index (χ0n) is 15.6. The van der Waals surface area contributed by atoms with Crippen molar-refractivity contribution >= 4 is 14.4 Å². The Kier molecular flexibility index (Phi) is 5.75. The van der Waals surface area contributed by atoms with Crippen LogP contribution in [0.2, 0.25) is 18.1 Å². The molecule has 0 spiro atoms. The highest BCUT2D eigenvalue weighted by molar-refractivity contribution is 6.74. The van der Waals surface area contributed by atoms with Gasteiger partial charge < -0.3 is 14.3 Å². The number of aromatic hydroxyl groups is 1. The smallest absolute Gasteiger partial charge is 0.418 e. The van der Waals surface area contributed by atoms with Crippen molar-refractivity contribution in [3.8, 4) is 5.75 Å². The topological polar surface area (TPSA) is 60.7 Å². The molecule has 25 heavy (non-hydrogen) atoms. The number of rotatable bonds is 5. The molecule has 1 heterocycles. The summed E-state index contributed by atoms with van der Waals surface area (Å²) in [4.78, 5) is 12.4. The number of aromatic nitrogens is 1. The molecule has 0 bridgehead atoms. The van der Waals surface area contributed by atoms with Crippen molar-refractivity contribution < 1.29 is 19.1 Å². The van der Waals surface area contributed by atoms with Crippen LogP contribution in [0.15, 0.2) is 42.6 Å². The Balaban J connectivity index is 2.05. The van der Waals surface area contributed by atoms with Crippen LogP contribution in [-0.4, -0.2) is 24.1 Å². The van der Waals surface area contributed by atoms with E-state index in [1.807, 2.05) is 30.3 Å². The van der Waals surface area contributed by atoms with Crippen molar-refractivity contribution in [2.75, 3.05) is 0 Å². The molecule has 136 valence electrons. The van der Waals surface area contributed by atoms with Gasteiger partial charge in [-0.05, 0) is 23.7 Å². The lowest BCUT2D eigenvalue weighted by molar-refractivity contribution is 0.139. The predicted molar refractivity (Wildman–Crippen MR) is 100 cm³/mol. The van der Waals surface area contributed by atoms with E-state index in [0.717, 1.165) is 5.56 Å². The van der Waals surface area contributed by atoms with Crippen molar-refractivity contribution in [1.29, 1.82) is 0 Å². The summed E-state index contributed by atoms with van der Waals surface area (Å²) in [5.74, 6) is 0.0190. The zero-order chi connectivity index (χ0) is 18.7. The molecule has 0 radical (unpaired) electrons. The van der Waals surface area contributed by atoms with E-state index in [0.29, 0.717) is 5.69 Å². The molecule has 1 aromatic heterocycles. The molecule has 2 aromatic rings. The normalized spacial score (nSPS) is 12.2. The molecule has 0 saturated carbocycles. The summed E-state index contributed by atoms with van der Waals surface area (Å²) in [5, 5.41) is 9.85. The third-order valence-electron chi connectivity index (χ3n) is 4.67. The van der Waals surface area contributed by atoms with E-state index in [1.165, 1.54) is 16.8 Å². The fraction of sp³-hybridized carbons (Fsp3) is 0.421. The minimum absolute atomic E-state index is 0.0190. The van der Waals surface area contributed by atoms with Gasteiger partial charge in [-0.2, -0.15) is 0 Å². The van der Waals surface area contributed by atoms with Crippen LogP contribution in [0.1, 0.15) is 32.0 Å². The van der Waals surface area contributed by atoms with Gasteiger partial charge in [0, 0.05) is 6.07 Å². The van der Waals surface area contributed by atoms with Crippen LogP contribution in [0.4, 0.5) is 4.79 Å². The molecule has 0 amide bonds. The highest BCUT2D eigenvalue weighted by atomic mass is 28.4. The lowest BCUT2D eigenvalue weighted by Crippen LogP contribution is -2.40. The summed E-state index contributed by atoms with van der Waals surface area (Å²) in [5.41, 5.74) is 1.49. The number of carbonyl (C=O) groups is 1. The molecule has 0 atom stereocenters. The van der Waals surface area contributed by atoms with E-state index >= 15 is 0 Å². The Labute approximate surface area is 150 Å². The Morgan fingerprint density at radius 2 is 1.80 bits per heavy atom. The second kappa shape index (κ2) is 7.45. The second-order valence-corrected chi connectivity index (χ2v) is 12.5. The molecule has 0 fully saturated rings. The van der Waals surface area contributed by atoms with Crippen LogP contribution in [0.25, 0.3) is 0 Å². The quantitative estimate of drug-likeness (QED) is 0.770. The van der Waals surface area contributed by atoms with Gasteiger partial charge in [-0.3, -0.25) is 4.57 Å². The number of carbonyl (C=O) groups excluding carboxylic acids is 1. The van der Waals surface area contributed by atoms with E-state index in [-0.39, 0.29) is 24.0 Å². The van der Waals surface area contributed by atoms with Gasteiger partial charge >= 0.3 is 6.09 Å². The number of hydrogen-bond donors (Lipinski definition) is 1. The largest absolute Gasteiger partial charge is 0.506 e. The summed E-state index contributed by atoms with van der Waals surface area (Å²) in [6.07, 6.45) is 0.829. The standard InChI is InChI=1S/C19H27NO4Si/c1-19(2,3)25(4,5)24-14-16-11-17(21)12-20(16)18(22)23-13-15-9-7-6-8-10-15/h6-12,21H,13-14H2,1-5H3. The minimum Gasteiger partial charge on any atom is -0.506 e. The Hall–Kier alpha value is -2.05. The van der Waals surface area contributed by atoms with Gasteiger partial charge in [-0.1, -0.05) is 51.1 Å². The van der Waals surface area contributed by atoms with Gasteiger partial charge in [-0.15, -0.1) is 0 Å². The van der Waals surface area contributed by atoms with E-state index in [9.17, 15) is 9.90 Å². The van der Waals surface area contributed by atoms with E-state index in [4.69, 9.17) is 9.16 Å². The summed E-state index contributed by atoms with van der Waals surface area (Å²) < 4.78 is 12.8. The first-order chi connectivity index (χ1) is 11.6.